The van der Waals surface area contributed by atoms with Gasteiger partial charge in [-0.25, -0.2) is 4.39 Å². The summed E-state index contributed by atoms with van der Waals surface area (Å²) in [7, 11) is 0. The van der Waals surface area contributed by atoms with Gasteiger partial charge in [-0.2, -0.15) is 5.10 Å². The SMILES string of the molecule is CC(C)n1ccc(CC(O)c2cccc(F)c2Cl)n1. The normalized spacial score (nSPS) is 12.9. The molecule has 1 aromatic carbocycles. The lowest BCUT2D eigenvalue weighted by molar-refractivity contribution is 0.176. The quantitative estimate of drug-likeness (QED) is 0.931. The van der Waals surface area contributed by atoms with Crippen LogP contribution >= 0.6 is 11.6 Å². The maximum absolute atomic E-state index is 13.3. The average Bonchev–Trinajstić information content (AvgIpc) is 2.81. The third kappa shape index (κ3) is 3.14. The molecular formula is C14H16ClFN2O. The molecule has 0 fully saturated rings. The van der Waals surface area contributed by atoms with Gasteiger partial charge in [-0.1, -0.05) is 23.7 Å². The Bertz CT molecular complexity index is 568. The lowest BCUT2D eigenvalue weighted by Crippen LogP contribution is -2.06. The molecule has 1 unspecified atom stereocenters. The van der Waals surface area contributed by atoms with Gasteiger partial charge in [0.25, 0.3) is 0 Å². The van der Waals surface area contributed by atoms with Gasteiger partial charge in [-0.05, 0) is 26.0 Å². The highest BCUT2D eigenvalue weighted by molar-refractivity contribution is 6.31. The van der Waals surface area contributed by atoms with Crippen LogP contribution < -0.4 is 0 Å². The number of aliphatic hydroxyl groups excluding tert-OH is 1. The first-order valence-corrected chi connectivity index (χ1v) is 6.53. The van der Waals surface area contributed by atoms with Crippen LogP contribution in [0, 0.1) is 5.82 Å². The Morgan fingerprint density at radius 3 is 2.74 bits per heavy atom. The predicted octanol–water partition coefficient (Wildman–Crippen LogP) is 3.53. The number of nitrogens with zero attached hydrogens (tertiary/aromatic N) is 2. The molecule has 3 nitrogen and oxygen atoms in total. The molecule has 0 bridgehead atoms. The van der Waals surface area contributed by atoms with Crippen LogP contribution in [0.5, 0.6) is 0 Å². The summed E-state index contributed by atoms with van der Waals surface area (Å²) in [5, 5.41) is 14.4. The fraction of sp³-hybridized carbons (Fsp3) is 0.357. The molecule has 0 saturated heterocycles. The van der Waals surface area contributed by atoms with Gasteiger partial charge in [0.15, 0.2) is 0 Å². The van der Waals surface area contributed by atoms with Crippen molar-refractivity contribution in [2.75, 3.05) is 0 Å². The van der Waals surface area contributed by atoms with Crippen molar-refractivity contribution in [3.8, 4) is 0 Å². The summed E-state index contributed by atoms with van der Waals surface area (Å²) < 4.78 is 15.1. The van der Waals surface area contributed by atoms with Crippen molar-refractivity contribution >= 4 is 11.6 Å². The summed E-state index contributed by atoms with van der Waals surface area (Å²) in [6, 6.07) is 6.54. The van der Waals surface area contributed by atoms with Gasteiger partial charge in [0.05, 0.1) is 16.8 Å². The second kappa shape index (κ2) is 5.72. The molecule has 0 radical (unpaired) electrons. The van der Waals surface area contributed by atoms with Crippen molar-refractivity contribution in [2.45, 2.75) is 32.4 Å². The number of aliphatic hydroxyl groups is 1. The highest BCUT2D eigenvalue weighted by Gasteiger charge is 2.16. The first-order valence-electron chi connectivity index (χ1n) is 6.15. The van der Waals surface area contributed by atoms with E-state index in [2.05, 4.69) is 5.10 Å². The zero-order valence-electron chi connectivity index (χ0n) is 10.8. The van der Waals surface area contributed by atoms with E-state index in [1.165, 1.54) is 12.1 Å². The van der Waals surface area contributed by atoms with Crippen LogP contribution in [0.15, 0.2) is 30.5 Å². The third-order valence-electron chi connectivity index (χ3n) is 2.94. The smallest absolute Gasteiger partial charge is 0.142 e. The molecular weight excluding hydrogens is 267 g/mol. The fourth-order valence-corrected chi connectivity index (χ4v) is 2.11. The fourth-order valence-electron chi connectivity index (χ4n) is 1.86. The van der Waals surface area contributed by atoms with Gasteiger partial charge in [0, 0.05) is 24.2 Å². The van der Waals surface area contributed by atoms with Crippen molar-refractivity contribution in [1.29, 1.82) is 0 Å². The molecule has 0 aliphatic rings. The van der Waals surface area contributed by atoms with E-state index in [1.807, 2.05) is 30.8 Å². The van der Waals surface area contributed by atoms with Crippen LogP contribution in [0.4, 0.5) is 4.39 Å². The average molecular weight is 283 g/mol. The first-order chi connectivity index (χ1) is 8.99. The molecule has 0 aliphatic heterocycles. The van der Waals surface area contributed by atoms with E-state index in [0.29, 0.717) is 12.0 Å². The highest BCUT2D eigenvalue weighted by atomic mass is 35.5. The summed E-state index contributed by atoms with van der Waals surface area (Å²) in [5.74, 6) is -0.522. The molecule has 1 N–H and O–H groups in total. The molecule has 5 heteroatoms. The lowest BCUT2D eigenvalue weighted by Gasteiger charge is -2.12. The second-order valence-electron chi connectivity index (χ2n) is 4.74. The molecule has 0 amide bonds. The predicted molar refractivity (Wildman–Crippen MR) is 72.7 cm³/mol. The Morgan fingerprint density at radius 1 is 1.37 bits per heavy atom. The van der Waals surface area contributed by atoms with Crippen LogP contribution in [0.3, 0.4) is 0 Å². The van der Waals surface area contributed by atoms with Crippen LogP contribution in [-0.2, 0) is 6.42 Å². The van der Waals surface area contributed by atoms with Crippen LogP contribution in [0.2, 0.25) is 5.02 Å². The summed E-state index contributed by atoms with van der Waals surface area (Å²) in [6.45, 7) is 4.05. The number of hydrogen-bond acceptors (Lipinski definition) is 2. The monoisotopic (exact) mass is 282 g/mol. The largest absolute Gasteiger partial charge is 0.388 e. The molecule has 2 aromatic rings. The van der Waals surface area contributed by atoms with Crippen molar-refractivity contribution in [2.24, 2.45) is 0 Å². The van der Waals surface area contributed by atoms with Gasteiger partial charge in [-0.3, -0.25) is 4.68 Å². The van der Waals surface area contributed by atoms with Crippen molar-refractivity contribution in [3.05, 3.63) is 52.6 Å². The molecule has 0 spiro atoms. The van der Waals surface area contributed by atoms with E-state index in [1.54, 1.807) is 6.07 Å². The minimum absolute atomic E-state index is 0.0294. The number of benzene rings is 1. The first kappa shape index (κ1) is 14.0. The molecule has 0 saturated carbocycles. The van der Waals surface area contributed by atoms with E-state index in [9.17, 15) is 9.50 Å². The Balaban J connectivity index is 2.16. The number of aromatic nitrogens is 2. The van der Waals surface area contributed by atoms with Gasteiger partial charge in [0.2, 0.25) is 0 Å². The molecule has 1 aromatic heterocycles. The number of hydrogen-bond donors (Lipinski definition) is 1. The van der Waals surface area contributed by atoms with Gasteiger partial charge in [0.1, 0.15) is 5.82 Å². The molecule has 102 valence electrons. The summed E-state index contributed by atoms with van der Waals surface area (Å²) in [5.41, 5.74) is 1.14. The van der Waals surface area contributed by atoms with E-state index in [-0.39, 0.29) is 11.1 Å². The van der Waals surface area contributed by atoms with Gasteiger partial charge in [-0.15, -0.1) is 0 Å². The summed E-state index contributed by atoms with van der Waals surface area (Å²) in [6.07, 6.45) is 1.31. The Kier molecular flexibility index (Phi) is 4.22. The standard InChI is InChI=1S/C14H16ClFN2O/c1-9(2)18-7-6-10(17-18)8-13(19)11-4-3-5-12(16)14(11)15/h3-7,9,13,19H,8H2,1-2H3. The Hall–Kier alpha value is -1.39. The molecule has 2 rings (SSSR count). The third-order valence-corrected chi connectivity index (χ3v) is 3.33. The molecule has 0 aliphatic carbocycles. The van der Waals surface area contributed by atoms with E-state index in [0.717, 1.165) is 5.69 Å². The van der Waals surface area contributed by atoms with E-state index in [4.69, 9.17) is 11.6 Å². The maximum atomic E-state index is 13.3. The minimum atomic E-state index is -0.862. The number of rotatable bonds is 4. The lowest BCUT2D eigenvalue weighted by atomic mass is 10.0. The van der Waals surface area contributed by atoms with Crippen LogP contribution in [0.25, 0.3) is 0 Å². The zero-order valence-corrected chi connectivity index (χ0v) is 11.6. The van der Waals surface area contributed by atoms with Crippen molar-refractivity contribution in [3.63, 3.8) is 0 Å². The number of halogens is 2. The van der Waals surface area contributed by atoms with Crippen molar-refractivity contribution in [1.82, 2.24) is 9.78 Å². The minimum Gasteiger partial charge on any atom is -0.388 e. The van der Waals surface area contributed by atoms with E-state index < -0.39 is 11.9 Å². The summed E-state index contributed by atoms with van der Waals surface area (Å²) in [4.78, 5) is 0. The topological polar surface area (TPSA) is 38.0 Å². The van der Waals surface area contributed by atoms with Crippen LogP contribution in [0.1, 0.15) is 37.3 Å². The molecule has 19 heavy (non-hydrogen) atoms. The van der Waals surface area contributed by atoms with Gasteiger partial charge < -0.3 is 5.11 Å². The van der Waals surface area contributed by atoms with Crippen molar-refractivity contribution < 1.29 is 9.50 Å². The Labute approximate surface area is 116 Å². The zero-order chi connectivity index (χ0) is 14.0. The Morgan fingerprint density at radius 2 is 2.11 bits per heavy atom. The highest BCUT2D eigenvalue weighted by Crippen LogP contribution is 2.27. The second-order valence-corrected chi connectivity index (χ2v) is 5.12. The summed E-state index contributed by atoms with van der Waals surface area (Å²) >= 11 is 5.85. The molecule has 1 heterocycles. The van der Waals surface area contributed by atoms with Crippen LogP contribution in [-0.4, -0.2) is 14.9 Å². The van der Waals surface area contributed by atoms with E-state index >= 15 is 0 Å². The maximum Gasteiger partial charge on any atom is 0.142 e. The molecule has 1 atom stereocenters. The van der Waals surface area contributed by atoms with Gasteiger partial charge >= 0.3 is 0 Å².